The molecule has 1 fully saturated rings. The van der Waals surface area contributed by atoms with Crippen LogP contribution in [0.5, 0.6) is 0 Å². The Labute approximate surface area is 168 Å². The molecule has 0 spiro atoms. The van der Waals surface area contributed by atoms with Crippen LogP contribution in [-0.4, -0.2) is 53.8 Å². The Morgan fingerprint density at radius 3 is 2.17 bits per heavy atom. The minimum Gasteiger partial charge on any atom is -0.444 e. The summed E-state index contributed by atoms with van der Waals surface area (Å²) in [4.78, 5) is 55.1. The Bertz CT molecular complexity index is 789. The van der Waals surface area contributed by atoms with E-state index in [4.69, 9.17) is 14.3 Å². The van der Waals surface area contributed by atoms with E-state index in [1.807, 2.05) is 0 Å². The van der Waals surface area contributed by atoms with Gasteiger partial charge in [0.15, 0.2) is 0 Å². The van der Waals surface area contributed by atoms with Gasteiger partial charge < -0.3 is 19.6 Å². The molecule has 1 N–H and O–H groups in total. The van der Waals surface area contributed by atoms with Gasteiger partial charge in [-0.2, -0.15) is 0 Å². The number of hydrogen-bond acceptors (Lipinski definition) is 7. The summed E-state index contributed by atoms with van der Waals surface area (Å²) in [6.45, 7) is 5.96. The molecular weight excluding hydrogens is 380 g/mol. The summed E-state index contributed by atoms with van der Waals surface area (Å²) >= 11 is 0. The smallest absolute Gasteiger partial charge is 0.408 e. The first-order chi connectivity index (χ1) is 13.7. The van der Waals surface area contributed by atoms with Crippen LogP contribution in [0.15, 0.2) is 24.3 Å². The van der Waals surface area contributed by atoms with E-state index in [1.165, 1.54) is 12.1 Å². The molecule has 1 saturated heterocycles. The van der Waals surface area contributed by atoms with Gasteiger partial charge in [-0.25, -0.2) is 9.59 Å². The standard InChI is InChI=1S/C20H24N2O7/c1-20(2,3)28-19(26)21-15(12-8-10-27-11-9-12)18(25)29-22-16(23)13-6-4-5-7-14(13)17(22)24/h4-7,12,15H,8-11H2,1-3H3,(H,21,26). The van der Waals surface area contributed by atoms with E-state index < -0.39 is 35.5 Å². The van der Waals surface area contributed by atoms with Crippen LogP contribution >= 0.6 is 0 Å². The number of nitrogens with zero attached hydrogens (tertiary/aromatic N) is 1. The minimum atomic E-state index is -1.09. The number of rotatable bonds is 4. The molecule has 3 rings (SSSR count). The molecule has 0 radical (unpaired) electrons. The molecule has 9 heteroatoms. The summed E-state index contributed by atoms with van der Waals surface area (Å²) in [6, 6.07) is 5.11. The number of carbonyl (C=O) groups excluding carboxylic acids is 4. The normalized spacial score (nSPS) is 18.2. The van der Waals surface area contributed by atoms with Gasteiger partial charge in [-0.15, -0.1) is 0 Å². The SMILES string of the molecule is CC(C)(C)OC(=O)NC(C(=O)ON1C(=O)c2ccccc2C1=O)C1CCOCC1. The fourth-order valence-electron chi connectivity index (χ4n) is 3.25. The second-order valence-electron chi connectivity index (χ2n) is 7.93. The fourth-order valence-corrected chi connectivity index (χ4v) is 3.25. The lowest BCUT2D eigenvalue weighted by Gasteiger charge is -2.30. The number of fused-ring (bicyclic) bond motifs is 1. The lowest BCUT2D eigenvalue weighted by Crippen LogP contribution is -2.51. The number of hydrogen-bond donors (Lipinski definition) is 1. The van der Waals surface area contributed by atoms with Gasteiger partial charge in [-0.1, -0.05) is 17.2 Å². The summed E-state index contributed by atoms with van der Waals surface area (Å²) in [5.74, 6) is -2.62. The van der Waals surface area contributed by atoms with Crippen molar-refractivity contribution in [1.29, 1.82) is 0 Å². The van der Waals surface area contributed by atoms with E-state index in [9.17, 15) is 19.2 Å². The van der Waals surface area contributed by atoms with Crippen molar-refractivity contribution < 1.29 is 33.5 Å². The minimum absolute atomic E-state index is 0.160. The van der Waals surface area contributed by atoms with Crippen molar-refractivity contribution in [3.63, 3.8) is 0 Å². The molecule has 0 aliphatic carbocycles. The van der Waals surface area contributed by atoms with Crippen LogP contribution in [0.4, 0.5) is 4.79 Å². The Hall–Kier alpha value is -2.94. The third-order valence-corrected chi connectivity index (χ3v) is 4.60. The molecule has 2 aliphatic heterocycles. The zero-order valence-corrected chi connectivity index (χ0v) is 16.6. The van der Waals surface area contributed by atoms with Crippen LogP contribution in [0, 0.1) is 5.92 Å². The molecule has 29 heavy (non-hydrogen) atoms. The maximum absolute atomic E-state index is 12.9. The maximum Gasteiger partial charge on any atom is 0.408 e. The van der Waals surface area contributed by atoms with E-state index >= 15 is 0 Å². The van der Waals surface area contributed by atoms with Gasteiger partial charge in [-0.05, 0) is 51.7 Å². The zero-order chi connectivity index (χ0) is 21.2. The van der Waals surface area contributed by atoms with Gasteiger partial charge in [0, 0.05) is 13.2 Å². The Balaban J connectivity index is 1.75. The van der Waals surface area contributed by atoms with E-state index in [1.54, 1.807) is 32.9 Å². The summed E-state index contributed by atoms with van der Waals surface area (Å²) in [5, 5.41) is 2.97. The molecule has 2 heterocycles. The summed E-state index contributed by atoms with van der Waals surface area (Å²) in [7, 11) is 0. The monoisotopic (exact) mass is 404 g/mol. The predicted molar refractivity (Wildman–Crippen MR) is 99.7 cm³/mol. The number of benzene rings is 1. The average Bonchev–Trinajstić information content (AvgIpc) is 2.90. The lowest BCUT2D eigenvalue weighted by atomic mass is 9.92. The lowest BCUT2D eigenvalue weighted by molar-refractivity contribution is -0.173. The highest BCUT2D eigenvalue weighted by Crippen LogP contribution is 2.25. The van der Waals surface area contributed by atoms with Crippen LogP contribution in [0.3, 0.4) is 0 Å². The molecule has 1 unspecified atom stereocenters. The molecule has 9 nitrogen and oxygen atoms in total. The van der Waals surface area contributed by atoms with Crippen LogP contribution in [-0.2, 0) is 19.1 Å². The van der Waals surface area contributed by atoms with Crippen LogP contribution in [0.25, 0.3) is 0 Å². The number of carbonyl (C=O) groups is 4. The quantitative estimate of drug-likeness (QED) is 0.765. The fraction of sp³-hybridized carbons (Fsp3) is 0.500. The number of amides is 3. The number of alkyl carbamates (subject to hydrolysis) is 1. The molecule has 0 saturated carbocycles. The molecular formula is C20H24N2O7. The molecule has 0 bridgehead atoms. The number of nitrogens with one attached hydrogen (secondary N) is 1. The molecule has 1 aromatic rings. The topological polar surface area (TPSA) is 111 Å². The van der Waals surface area contributed by atoms with Gasteiger partial charge >= 0.3 is 12.1 Å². The van der Waals surface area contributed by atoms with E-state index in [0.717, 1.165) is 0 Å². The number of hydroxylamine groups is 2. The van der Waals surface area contributed by atoms with Crippen molar-refractivity contribution in [3.8, 4) is 0 Å². The molecule has 0 aromatic heterocycles. The molecule has 2 aliphatic rings. The molecule has 1 atom stereocenters. The third-order valence-electron chi connectivity index (χ3n) is 4.60. The number of ether oxygens (including phenoxy) is 2. The highest BCUT2D eigenvalue weighted by atomic mass is 16.7. The number of imide groups is 1. The molecule has 1 aromatic carbocycles. The van der Waals surface area contributed by atoms with Crippen molar-refractivity contribution in [3.05, 3.63) is 35.4 Å². The van der Waals surface area contributed by atoms with Crippen molar-refractivity contribution in [1.82, 2.24) is 10.4 Å². The molecule has 156 valence electrons. The first-order valence-electron chi connectivity index (χ1n) is 9.44. The van der Waals surface area contributed by atoms with Crippen LogP contribution < -0.4 is 5.32 Å². The van der Waals surface area contributed by atoms with E-state index in [-0.39, 0.29) is 17.0 Å². The third kappa shape index (κ3) is 4.73. The van der Waals surface area contributed by atoms with Gasteiger partial charge in [0.25, 0.3) is 11.8 Å². The van der Waals surface area contributed by atoms with Crippen LogP contribution in [0.2, 0.25) is 0 Å². The van der Waals surface area contributed by atoms with Crippen molar-refractivity contribution in [2.75, 3.05) is 13.2 Å². The van der Waals surface area contributed by atoms with Crippen LogP contribution in [0.1, 0.15) is 54.3 Å². The first-order valence-corrected chi connectivity index (χ1v) is 9.44. The van der Waals surface area contributed by atoms with E-state index in [2.05, 4.69) is 5.32 Å². The largest absolute Gasteiger partial charge is 0.444 e. The Morgan fingerprint density at radius 2 is 1.66 bits per heavy atom. The summed E-state index contributed by atoms with van der Waals surface area (Å²) < 4.78 is 10.5. The summed E-state index contributed by atoms with van der Waals surface area (Å²) in [6.07, 6.45) is 0.239. The summed E-state index contributed by atoms with van der Waals surface area (Å²) in [5.41, 5.74) is -0.433. The second kappa shape index (κ2) is 8.20. The Morgan fingerprint density at radius 1 is 1.10 bits per heavy atom. The Kier molecular flexibility index (Phi) is 5.88. The highest BCUT2D eigenvalue weighted by molar-refractivity contribution is 6.20. The van der Waals surface area contributed by atoms with Gasteiger partial charge in [0.2, 0.25) is 0 Å². The zero-order valence-electron chi connectivity index (χ0n) is 16.6. The van der Waals surface area contributed by atoms with Crippen molar-refractivity contribution in [2.45, 2.75) is 45.3 Å². The predicted octanol–water partition coefficient (Wildman–Crippen LogP) is 2.06. The van der Waals surface area contributed by atoms with Gasteiger partial charge in [0.05, 0.1) is 11.1 Å². The second-order valence-corrected chi connectivity index (χ2v) is 7.93. The van der Waals surface area contributed by atoms with Crippen molar-refractivity contribution >= 4 is 23.9 Å². The van der Waals surface area contributed by atoms with Gasteiger partial charge in [-0.3, -0.25) is 9.59 Å². The molecule has 3 amide bonds. The highest BCUT2D eigenvalue weighted by Gasteiger charge is 2.42. The first kappa shape index (κ1) is 20.8. The van der Waals surface area contributed by atoms with E-state index in [0.29, 0.717) is 31.1 Å². The average molecular weight is 404 g/mol. The van der Waals surface area contributed by atoms with Gasteiger partial charge in [0.1, 0.15) is 11.6 Å². The maximum atomic E-state index is 12.9. The van der Waals surface area contributed by atoms with Crippen molar-refractivity contribution in [2.24, 2.45) is 5.92 Å².